The summed E-state index contributed by atoms with van der Waals surface area (Å²) in [6.45, 7) is 5.27. The quantitative estimate of drug-likeness (QED) is 0.725. The van der Waals surface area contributed by atoms with Crippen LogP contribution in [0.25, 0.3) is 0 Å². The standard InChI is InChI=1S/C11H21N3S/c1-4-6-15-9-11(12-3)10-7-13-14(5-2)8-10/h7-8,11-12H,4-6,9H2,1-3H3. The smallest absolute Gasteiger partial charge is 0.0537 e. The average Bonchev–Trinajstić information content (AvgIpc) is 2.73. The van der Waals surface area contributed by atoms with Gasteiger partial charge in [-0.15, -0.1) is 0 Å². The van der Waals surface area contributed by atoms with Crippen molar-refractivity contribution < 1.29 is 0 Å². The van der Waals surface area contributed by atoms with E-state index in [4.69, 9.17) is 0 Å². The summed E-state index contributed by atoms with van der Waals surface area (Å²) in [5, 5.41) is 7.64. The highest BCUT2D eigenvalue weighted by atomic mass is 32.2. The molecule has 0 aliphatic heterocycles. The summed E-state index contributed by atoms with van der Waals surface area (Å²) in [5.41, 5.74) is 1.29. The molecule has 1 aromatic rings. The SMILES string of the molecule is CCCSCC(NC)c1cnn(CC)c1. The first kappa shape index (κ1) is 12.6. The Morgan fingerprint density at radius 3 is 2.87 bits per heavy atom. The molecule has 4 heteroatoms. The van der Waals surface area contributed by atoms with Crippen LogP contribution in [0.4, 0.5) is 0 Å². The molecule has 3 nitrogen and oxygen atoms in total. The van der Waals surface area contributed by atoms with Crippen LogP contribution in [0.15, 0.2) is 12.4 Å². The van der Waals surface area contributed by atoms with E-state index in [1.807, 2.05) is 29.7 Å². The summed E-state index contributed by atoms with van der Waals surface area (Å²) >= 11 is 2.00. The maximum atomic E-state index is 4.30. The zero-order valence-electron chi connectivity index (χ0n) is 9.86. The molecule has 0 aliphatic carbocycles. The van der Waals surface area contributed by atoms with E-state index in [1.165, 1.54) is 17.7 Å². The summed E-state index contributed by atoms with van der Waals surface area (Å²) in [6.07, 6.45) is 5.35. The number of thioether (sulfide) groups is 1. The van der Waals surface area contributed by atoms with E-state index in [1.54, 1.807) is 0 Å². The lowest BCUT2D eigenvalue weighted by Gasteiger charge is -2.13. The van der Waals surface area contributed by atoms with Gasteiger partial charge < -0.3 is 5.32 Å². The van der Waals surface area contributed by atoms with E-state index in [9.17, 15) is 0 Å². The number of nitrogens with zero attached hydrogens (tertiary/aromatic N) is 2. The summed E-state index contributed by atoms with van der Waals surface area (Å²) in [7, 11) is 2.01. The Morgan fingerprint density at radius 2 is 2.33 bits per heavy atom. The van der Waals surface area contributed by atoms with Crippen molar-refractivity contribution in [2.24, 2.45) is 0 Å². The average molecular weight is 227 g/mol. The monoisotopic (exact) mass is 227 g/mol. The number of hydrogen-bond acceptors (Lipinski definition) is 3. The Hall–Kier alpha value is -0.480. The van der Waals surface area contributed by atoms with Crippen LogP contribution in [0, 0.1) is 0 Å². The van der Waals surface area contributed by atoms with E-state index in [0.717, 1.165) is 12.3 Å². The number of rotatable bonds is 7. The maximum Gasteiger partial charge on any atom is 0.0537 e. The molecule has 86 valence electrons. The lowest BCUT2D eigenvalue weighted by molar-refractivity contribution is 0.645. The predicted octanol–water partition coefficient (Wildman–Crippen LogP) is 2.31. The van der Waals surface area contributed by atoms with Gasteiger partial charge in [0.05, 0.1) is 6.20 Å². The first-order chi connectivity index (χ1) is 7.31. The van der Waals surface area contributed by atoms with Crippen molar-refractivity contribution in [2.75, 3.05) is 18.6 Å². The molecular weight excluding hydrogens is 206 g/mol. The fourth-order valence-electron chi connectivity index (χ4n) is 1.42. The minimum absolute atomic E-state index is 0.432. The Balaban J connectivity index is 2.49. The van der Waals surface area contributed by atoms with Crippen LogP contribution in [0.5, 0.6) is 0 Å². The largest absolute Gasteiger partial charge is 0.312 e. The fraction of sp³-hybridized carbons (Fsp3) is 0.727. The molecule has 0 fully saturated rings. The fourth-order valence-corrected chi connectivity index (χ4v) is 2.47. The molecule has 0 radical (unpaired) electrons. The Morgan fingerprint density at radius 1 is 1.53 bits per heavy atom. The van der Waals surface area contributed by atoms with Gasteiger partial charge in [-0.3, -0.25) is 4.68 Å². The molecule has 0 amide bonds. The summed E-state index contributed by atoms with van der Waals surface area (Å²) in [4.78, 5) is 0. The zero-order valence-corrected chi connectivity index (χ0v) is 10.7. The molecule has 0 aromatic carbocycles. The van der Waals surface area contributed by atoms with E-state index < -0.39 is 0 Å². The van der Waals surface area contributed by atoms with Crippen molar-refractivity contribution in [3.05, 3.63) is 18.0 Å². The van der Waals surface area contributed by atoms with Crippen LogP contribution in [-0.4, -0.2) is 28.3 Å². The Kier molecular flexibility index (Phi) is 5.79. The Bertz CT molecular complexity index is 273. The molecule has 15 heavy (non-hydrogen) atoms. The van der Waals surface area contributed by atoms with E-state index in [-0.39, 0.29) is 0 Å². The highest BCUT2D eigenvalue weighted by Crippen LogP contribution is 2.17. The minimum Gasteiger partial charge on any atom is -0.312 e. The van der Waals surface area contributed by atoms with Gasteiger partial charge in [-0.2, -0.15) is 16.9 Å². The molecule has 1 heterocycles. The normalized spacial score (nSPS) is 13.0. The van der Waals surface area contributed by atoms with Crippen LogP contribution in [-0.2, 0) is 6.54 Å². The molecule has 1 N–H and O–H groups in total. The highest BCUT2D eigenvalue weighted by Gasteiger charge is 2.10. The molecule has 0 bridgehead atoms. The van der Waals surface area contributed by atoms with Crippen LogP contribution in [0.2, 0.25) is 0 Å². The molecule has 0 saturated carbocycles. The molecule has 1 rings (SSSR count). The molecule has 1 unspecified atom stereocenters. The number of hydrogen-bond donors (Lipinski definition) is 1. The number of nitrogens with one attached hydrogen (secondary N) is 1. The topological polar surface area (TPSA) is 29.9 Å². The summed E-state index contributed by atoms with van der Waals surface area (Å²) < 4.78 is 1.98. The highest BCUT2D eigenvalue weighted by molar-refractivity contribution is 7.99. The lowest BCUT2D eigenvalue weighted by atomic mass is 10.2. The van der Waals surface area contributed by atoms with E-state index in [2.05, 4.69) is 30.5 Å². The van der Waals surface area contributed by atoms with Crippen LogP contribution < -0.4 is 5.32 Å². The van der Waals surface area contributed by atoms with Gasteiger partial charge in [-0.1, -0.05) is 6.92 Å². The molecular formula is C11H21N3S. The third-order valence-electron chi connectivity index (χ3n) is 2.36. The van der Waals surface area contributed by atoms with Crippen molar-refractivity contribution in [3.8, 4) is 0 Å². The van der Waals surface area contributed by atoms with Gasteiger partial charge in [0.2, 0.25) is 0 Å². The first-order valence-corrected chi connectivity index (χ1v) is 6.74. The molecule has 1 atom stereocenters. The second-order valence-corrected chi connectivity index (χ2v) is 4.70. The second-order valence-electron chi connectivity index (χ2n) is 3.55. The van der Waals surface area contributed by atoms with Gasteiger partial charge in [0.1, 0.15) is 0 Å². The number of aryl methyl sites for hydroxylation is 1. The van der Waals surface area contributed by atoms with Gasteiger partial charge in [0.15, 0.2) is 0 Å². The third kappa shape index (κ3) is 3.87. The van der Waals surface area contributed by atoms with Crippen molar-refractivity contribution in [1.82, 2.24) is 15.1 Å². The predicted molar refractivity (Wildman–Crippen MR) is 67.3 cm³/mol. The van der Waals surface area contributed by atoms with Crippen LogP contribution >= 0.6 is 11.8 Å². The van der Waals surface area contributed by atoms with E-state index >= 15 is 0 Å². The number of aromatic nitrogens is 2. The molecule has 0 aliphatic rings. The van der Waals surface area contributed by atoms with E-state index in [0.29, 0.717) is 6.04 Å². The maximum absolute atomic E-state index is 4.30. The van der Waals surface area contributed by atoms with Crippen LogP contribution in [0.1, 0.15) is 31.9 Å². The second kappa shape index (κ2) is 6.90. The van der Waals surface area contributed by atoms with Gasteiger partial charge in [-0.05, 0) is 26.1 Å². The van der Waals surface area contributed by atoms with Gasteiger partial charge in [0.25, 0.3) is 0 Å². The Labute approximate surface area is 96.6 Å². The minimum atomic E-state index is 0.432. The molecule has 0 saturated heterocycles. The van der Waals surface area contributed by atoms with Gasteiger partial charge in [0, 0.05) is 30.1 Å². The zero-order chi connectivity index (χ0) is 11.1. The summed E-state index contributed by atoms with van der Waals surface area (Å²) in [6, 6.07) is 0.432. The van der Waals surface area contributed by atoms with Crippen molar-refractivity contribution >= 4 is 11.8 Å². The van der Waals surface area contributed by atoms with Crippen molar-refractivity contribution in [1.29, 1.82) is 0 Å². The lowest BCUT2D eigenvalue weighted by Crippen LogP contribution is -2.18. The van der Waals surface area contributed by atoms with Crippen molar-refractivity contribution in [3.63, 3.8) is 0 Å². The summed E-state index contributed by atoms with van der Waals surface area (Å²) in [5.74, 6) is 2.36. The van der Waals surface area contributed by atoms with Crippen LogP contribution in [0.3, 0.4) is 0 Å². The first-order valence-electron chi connectivity index (χ1n) is 5.59. The molecule has 1 aromatic heterocycles. The van der Waals surface area contributed by atoms with Crippen molar-refractivity contribution in [2.45, 2.75) is 32.9 Å². The third-order valence-corrected chi connectivity index (χ3v) is 3.63. The van der Waals surface area contributed by atoms with Gasteiger partial charge >= 0.3 is 0 Å². The van der Waals surface area contributed by atoms with Gasteiger partial charge in [-0.25, -0.2) is 0 Å². The molecule has 0 spiro atoms.